The molecule has 0 amide bonds. The van der Waals surface area contributed by atoms with Gasteiger partial charge in [0.2, 0.25) is 0 Å². The highest BCUT2D eigenvalue weighted by Gasteiger charge is 2.15. The van der Waals surface area contributed by atoms with Crippen LogP contribution in [0.25, 0.3) is 6.08 Å². The normalized spacial score (nSPS) is 10.0. The van der Waals surface area contributed by atoms with Crippen molar-refractivity contribution < 1.29 is 19.4 Å². The fraction of sp³-hybridized carbons (Fsp3) is 0.417. The third-order valence-electron chi connectivity index (χ3n) is 3.97. The second-order valence-electron chi connectivity index (χ2n) is 6.33. The van der Waals surface area contributed by atoms with E-state index in [4.69, 9.17) is 15.6 Å². The van der Waals surface area contributed by atoms with Gasteiger partial charge in [0.25, 0.3) is 0 Å². The molecular formula is C24H37NO4. The molecule has 5 heteroatoms. The lowest BCUT2D eigenvalue weighted by atomic mass is 9.94. The van der Waals surface area contributed by atoms with Gasteiger partial charge in [0.15, 0.2) is 0 Å². The lowest BCUT2D eigenvalue weighted by molar-refractivity contribution is -0.139. The third-order valence-corrected chi connectivity index (χ3v) is 3.97. The van der Waals surface area contributed by atoms with Gasteiger partial charge in [-0.1, -0.05) is 76.8 Å². The minimum absolute atomic E-state index is 0.0949. The molecule has 0 saturated carbocycles. The number of hydrogen-bond acceptors (Lipinski definition) is 4. The number of esters is 1. The van der Waals surface area contributed by atoms with Gasteiger partial charge >= 0.3 is 11.9 Å². The van der Waals surface area contributed by atoms with Gasteiger partial charge in [-0.15, -0.1) is 0 Å². The molecule has 0 aliphatic carbocycles. The van der Waals surface area contributed by atoms with E-state index in [0.717, 1.165) is 25.7 Å². The van der Waals surface area contributed by atoms with Crippen molar-refractivity contribution >= 4 is 18.0 Å². The zero-order chi connectivity index (χ0) is 22.7. The number of nitrogens with two attached hydrogens (primary N) is 1. The fourth-order valence-electron chi connectivity index (χ4n) is 2.13. The summed E-state index contributed by atoms with van der Waals surface area (Å²) >= 11 is 0. The fourth-order valence-corrected chi connectivity index (χ4v) is 2.13. The first kappa shape index (κ1) is 28.4. The van der Waals surface area contributed by atoms with Gasteiger partial charge in [-0.05, 0) is 37.7 Å². The minimum atomic E-state index is -0.902. The molecule has 0 heterocycles. The molecule has 0 aliphatic rings. The Hall–Kier alpha value is -2.82. The highest BCUT2D eigenvalue weighted by atomic mass is 16.5. The molecule has 1 aromatic carbocycles. The Balaban J connectivity index is 0. The van der Waals surface area contributed by atoms with Gasteiger partial charge in [0.05, 0.1) is 12.2 Å². The van der Waals surface area contributed by atoms with E-state index in [0.29, 0.717) is 17.8 Å². The number of unbranched alkanes of at least 4 members (excludes halogenated alkanes) is 1. The molecule has 3 N–H and O–H groups in total. The van der Waals surface area contributed by atoms with Crippen LogP contribution in [0.1, 0.15) is 58.9 Å². The molecule has 0 saturated heterocycles. The van der Waals surface area contributed by atoms with Crippen LogP contribution in [0.5, 0.6) is 0 Å². The van der Waals surface area contributed by atoms with Crippen LogP contribution in [0.4, 0.5) is 0 Å². The van der Waals surface area contributed by atoms with E-state index in [2.05, 4.69) is 20.1 Å². The summed E-state index contributed by atoms with van der Waals surface area (Å²) in [7, 11) is 0. The molecule has 0 aliphatic heterocycles. The van der Waals surface area contributed by atoms with Crippen LogP contribution >= 0.6 is 0 Å². The number of carboxylic acids is 1. The van der Waals surface area contributed by atoms with Crippen molar-refractivity contribution in [1.82, 2.24) is 0 Å². The predicted molar refractivity (Wildman–Crippen MR) is 121 cm³/mol. The number of carbonyl (C=O) groups excluding carboxylic acids is 1. The Morgan fingerprint density at radius 3 is 2.00 bits per heavy atom. The van der Waals surface area contributed by atoms with Gasteiger partial charge in [0.1, 0.15) is 0 Å². The zero-order valence-corrected chi connectivity index (χ0v) is 18.3. The lowest BCUT2D eigenvalue weighted by Gasteiger charge is -2.11. The second-order valence-corrected chi connectivity index (χ2v) is 6.33. The van der Waals surface area contributed by atoms with E-state index < -0.39 is 5.97 Å². The standard InChI is InChI=1S/C8H15NO2.C8H14O2.C8H8/c1-3-6(4-2)7(5-9)8(10)11;1-4-5-6-10-8(9)7(2)3;1-2-8-6-4-3-5-7-8/h5-6H,3-4,9H2,1-2H3,(H,10,11);2,4-6H2,1,3H3;2-7H,1H2. The zero-order valence-electron chi connectivity index (χ0n) is 18.3. The summed E-state index contributed by atoms with van der Waals surface area (Å²) in [5.41, 5.74) is 7.15. The second kappa shape index (κ2) is 18.5. The molecule has 0 unspecified atom stereocenters. The maximum Gasteiger partial charge on any atom is 0.333 e. The maximum absolute atomic E-state index is 10.7. The monoisotopic (exact) mass is 403 g/mol. The van der Waals surface area contributed by atoms with Crippen molar-refractivity contribution in [3.8, 4) is 0 Å². The molecule has 0 spiro atoms. The number of rotatable bonds is 9. The van der Waals surface area contributed by atoms with Crippen molar-refractivity contribution in [2.24, 2.45) is 11.7 Å². The first-order chi connectivity index (χ1) is 13.8. The van der Waals surface area contributed by atoms with Crippen LogP contribution in [0.15, 0.2) is 60.8 Å². The van der Waals surface area contributed by atoms with Gasteiger partial charge in [-0.3, -0.25) is 0 Å². The van der Waals surface area contributed by atoms with Crippen LogP contribution in [0, 0.1) is 5.92 Å². The Morgan fingerprint density at radius 2 is 1.72 bits per heavy atom. The van der Waals surface area contributed by atoms with E-state index in [1.54, 1.807) is 6.92 Å². The molecule has 0 atom stereocenters. The van der Waals surface area contributed by atoms with Crippen LogP contribution < -0.4 is 5.73 Å². The molecule has 5 nitrogen and oxygen atoms in total. The van der Waals surface area contributed by atoms with Crippen molar-refractivity contribution in [2.45, 2.75) is 53.4 Å². The summed E-state index contributed by atoms with van der Waals surface area (Å²) in [6.45, 7) is 15.2. The highest BCUT2D eigenvalue weighted by molar-refractivity contribution is 5.87. The largest absolute Gasteiger partial charge is 0.478 e. The number of hydrogen-bond donors (Lipinski definition) is 2. The number of benzene rings is 1. The Bertz CT molecular complexity index is 632. The number of carbonyl (C=O) groups is 2. The summed E-state index contributed by atoms with van der Waals surface area (Å²) in [6, 6.07) is 10.0. The third kappa shape index (κ3) is 14.9. The Kier molecular flexibility index (Phi) is 18.1. The molecule has 0 radical (unpaired) electrons. The van der Waals surface area contributed by atoms with Crippen LogP contribution in [0.2, 0.25) is 0 Å². The van der Waals surface area contributed by atoms with Crippen molar-refractivity contribution in [1.29, 1.82) is 0 Å². The van der Waals surface area contributed by atoms with Gasteiger partial charge < -0.3 is 15.6 Å². The molecule has 29 heavy (non-hydrogen) atoms. The van der Waals surface area contributed by atoms with Crippen molar-refractivity contribution in [2.75, 3.05) is 6.61 Å². The average Bonchev–Trinajstić information content (AvgIpc) is 2.73. The molecule has 0 aromatic heterocycles. The summed E-state index contributed by atoms with van der Waals surface area (Å²) in [6.07, 6.45) is 6.65. The topological polar surface area (TPSA) is 89.6 Å². The Labute approximate surface area is 176 Å². The molecule has 0 bridgehead atoms. The minimum Gasteiger partial charge on any atom is -0.478 e. The lowest BCUT2D eigenvalue weighted by Crippen LogP contribution is -2.13. The van der Waals surface area contributed by atoms with Crippen molar-refractivity contribution in [3.05, 3.63) is 66.4 Å². The van der Waals surface area contributed by atoms with Crippen LogP contribution in [-0.4, -0.2) is 23.7 Å². The van der Waals surface area contributed by atoms with E-state index in [9.17, 15) is 9.59 Å². The summed E-state index contributed by atoms with van der Waals surface area (Å²) in [4.78, 5) is 21.2. The maximum atomic E-state index is 10.7. The molecule has 1 rings (SSSR count). The molecular weight excluding hydrogens is 366 g/mol. The summed E-state index contributed by atoms with van der Waals surface area (Å²) in [5.74, 6) is -1.09. The SMILES string of the molecule is C=C(C)C(=O)OCCCC.C=Cc1ccccc1.CCC(CC)C(=CN)C(=O)O. The first-order valence-corrected chi connectivity index (χ1v) is 9.93. The highest BCUT2D eigenvalue weighted by Crippen LogP contribution is 2.17. The van der Waals surface area contributed by atoms with E-state index >= 15 is 0 Å². The smallest absolute Gasteiger partial charge is 0.333 e. The van der Waals surface area contributed by atoms with Crippen molar-refractivity contribution in [3.63, 3.8) is 0 Å². The average molecular weight is 404 g/mol. The van der Waals surface area contributed by atoms with Gasteiger partial charge in [0, 0.05) is 11.8 Å². The van der Waals surface area contributed by atoms with Crippen LogP contribution in [-0.2, 0) is 14.3 Å². The van der Waals surface area contributed by atoms with E-state index in [1.807, 2.05) is 50.3 Å². The predicted octanol–water partition coefficient (Wildman–Crippen LogP) is 5.59. The van der Waals surface area contributed by atoms with Gasteiger partial charge in [-0.25, -0.2) is 9.59 Å². The molecule has 1 aromatic rings. The number of carboxylic acid groups (broad SMARTS) is 1. The van der Waals surface area contributed by atoms with Gasteiger partial charge in [-0.2, -0.15) is 0 Å². The molecule has 0 fully saturated rings. The Morgan fingerprint density at radius 1 is 1.17 bits per heavy atom. The van der Waals surface area contributed by atoms with Crippen LogP contribution in [0.3, 0.4) is 0 Å². The summed E-state index contributed by atoms with van der Waals surface area (Å²) in [5, 5.41) is 8.66. The first-order valence-electron chi connectivity index (χ1n) is 9.93. The van der Waals surface area contributed by atoms with E-state index in [1.165, 1.54) is 11.8 Å². The summed E-state index contributed by atoms with van der Waals surface area (Å²) < 4.78 is 4.81. The molecule has 162 valence electrons. The quantitative estimate of drug-likeness (QED) is 0.319. The number of ether oxygens (including phenoxy) is 1. The number of aliphatic carboxylic acids is 1. The van der Waals surface area contributed by atoms with E-state index in [-0.39, 0.29) is 11.9 Å².